The number of carbonyl (C=O) groups is 2. The van der Waals surface area contributed by atoms with E-state index in [9.17, 15) is 14.7 Å². The fraction of sp³-hybridized carbons (Fsp3) is 0.200. The van der Waals surface area contributed by atoms with Crippen LogP contribution in [0.4, 0.5) is 0 Å². The molecule has 0 radical (unpaired) electrons. The summed E-state index contributed by atoms with van der Waals surface area (Å²) in [5.74, 6) is -0.691. The second-order valence-corrected chi connectivity index (χ2v) is 3.25. The van der Waals surface area contributed by atoms with Crippen LogP contribution in [0.2, 0.25) is 0 Å². The highest BCUT2D eigenvalue weighted by molar-refractivity contribution is 6.67. The third-order valence-corrected chi connectivity index (χ3v) is 2.26. The Morgan fingerprint density at radius 3 is 2.14 bits per heavy atom. The smallest absolute Gasteiger partial charge is 0.265 e. The van der Waals surface area contributed by atoms with E-state index in [1.54, 1.807) is 18.2 Å². The van der Waals surface area contributed by atoms with E-state index in [0.29, 0.717) is 0 Å². The van der Waals surface area contributed by atoms with Gasteiger partial charge in [-0.15, -0.1) is 0 Å². The molecule has 0 aliphatic carbocycles. The number of hydrogen-bond acceptors (Lipinski definition) is 3. The minimum atomic E-state index is -2.22. The molecule has 14 heavy (non-hydrogen) atoms. The third-order valence-electron chi connectivity index (χ3n) is 1.99. The summed E-state index contributed by atoms with van der Waals surface area (Å²) in [4.78, 5) is 22.2. The fourth-order valence-electron chi connectivity index (χ4n) is 1.13. The highest BCUT2D eigenvalue weighted by Crippen LogP contribution is 2.24. The first-order chi connectivity index (χ1) is 6.49. The van der Waals surface area contributed by atoms with E-state index >= 15 is 0 Å². The second-order valence-electron chi connectivity index (χ2n) is 2.91. The highest BCUT2D eigenvalue weighted by atomic mass is 35.5. The van der Waals surface area contributed by atoms with Gasteiger partial charge in [-0.25, -0.2) is 0 Å². The molecule has 0 aliphatic rings. The van der Waals surface area contributed by atoms with E-state index in [1.807, 2.05) is 0 Å². The van der Waals surface area contributed by atoms with Gasteiger partial charge < -0.3 is 5.11 Å². The van der Waals surface area contributed by atoms with Crippen molar-refractivity contribution in [2.24, 2.45) is 0 Å². The number of carbonyl (C=O) groups excluding carboxylic acids is 2. The van der Waals surface area contributed by atoms with Crippen LogP contribution in [0, 0.1) is 0 Å². The molecule has 0 saturated heterocycles. The Bertz CT molecular complexity index is 345. The van der Waals surface area contributed by atoms with Crippen LogP contribution in [0.25, 0.3) is 0 Å². The Kier molecular flexibility index (Phi) is 3.03. The van der Waals surface area contributed by atoms with Gasteiger partial charge >= 0.3 is 0 Å². The van der Waals surface area contributed by atoms with E-state index < -0.39 is 16.6 Å². The average Bonchev–Trinajstić information content (AvgIpc) is 2.17. The van der Waals surface area contributed by atoms with Crippen molar-refractivity contribution in [3.8, 4) is 0 Å². The molecule has 0 heterocycles. The lowest BCUT2D eigenvalue weighted by atomic mass is 9.91. The molecule has 1 aromatic carbocycles. The highest BCUT2D eigenvalue weighted by Gasteiger charge is 2.41. The van der Waals surface area contributed by atoms with Crippen LogP contribution in [-0.4, -0.2) is 16.1 Å². The van der Waals surface area contributed by atoms with Gasteiger partial charge in [0.1, 0.15) is 0 Å². The van der Waals surface area contributed by atoms with Crippen LogP contribution in [-0.2, 0) is 15.2 Å². The first kappa shape index (κ1) is 10.9. The molecule has 3 nitrogen and oxygen atoms in total. The summed E-state index contributed by atoms with van der Waals surface area (Å²) < 4.78 is 0. The first-order valence-corrected chi connectivity index (χ1v) is 4.36. The molecule has 1 atom stereocenters. The maximum absolute atomic E-state index is 11.2. The molecule has 0 spiro atoms. The van der Waals surface area contributed by atoms with Crippen molar-refractivity contribution >= 4 is 22.6 Å². The number of aliphatic hydroxyl groups is 1. The van der Waals surface area contributed by atoms with Gasteiger partial charge in [-0.2, -0.15) is 0 Å². The standard InChI is InChI=1S/C10H9ClO3/c1-7(12)10(14,9(11)13)8-5-3-2-4-6-8/h2-6,14H,1H3/t10-/m1/s1. The van der Waals surface area contributed by atoms with Crippen LogP contribution < -0.4 is 0 Å². The summed E-state index contributed by atoms with van der Waals surface area (Å²) in [7, 11) is 0. The fourth-order valence-corrected chi connectivity index (χ4v) is 1.38. The molecular weight excluding hydrogens is 204 g/mol. The molecule has 1 N–H and O–H groups in total. The summed E-state index contributed by atoms with van der Waals surface area (Å²) in [5, 5.41) is 8.72. The molecule has 0 bridgehead atoms. The molecule has 0 saturated carbocycles. The number of halogens is 1. The zero-order valence-corrected chi connectivity index (χ0v) is 8.28. The zero-order valence-electron chi connectivity index (χ0n) is 7.53. The number of hydrogen-bond donors (Lipinski definition) is 1. The van der Waals surface area contributed by atoms with Crippen molar-refractivity contribution in [3.05, 3.63) is 35.9 Å². The molecule has 4 heteroatoms. The summed E-state index contributed by atoms with van der Waals surface area (Å²) in [6, 6.07) is 7.89. The van der Waals surface area contributed by atoms with E-state index in [0.717, 1.165) is 6.92 Å². The second kappa shape index (κ2) is 3.90. The SMILES string of the molecule is CC(=O)[C@](O)(C(=O)Cl)c1ccccc1. The lowest BCUT2D eigenvalue weighted by Gasteiger charge is -2.20. The van der Waals surface area contributed by atoms with E-state index in [1.165, 1.54) is 12.1 Å². The van der Waals surface area contributed by atoms with Gasteiger partial charge in [0.25, 0.3) is 5.24 Å². The molecule has 1 rings (SSSR count). The van der Waals surface area contributed by atoms with Gasteiger partial charge in [0.05, 0.1) is 0 Å². The third kappa shape index (κ3) is 1.69. The van der Waals surface area contributed by atoms with Crippen LogP contribution in [0.15, 0.2) is 30.3 Å². The largest absolute Gasteiger partial charge is 0.370 e. The summed E-state index contributed by atoms with van der Waals surface area (Å²) in [6.45, 7) is 1.12. The predicted octanol–water partition coefficient (Wildman–Crippen LogP) is 1.23. The Morgan fingerprint density at radius 2 is 1.79 bits per heavy atom. The zero-order chi connectivity index (χ0) is 10.8. The van der Waals surface area contributed by atoms with Gasteiger partial charge in [-0.3, -0.25) is 9.59 Å². The number of benzene rings is 1. The molecule has 74 valence electrons. The normalized spacial score (nSPS) is 14.5. The van der Waals surface area contributed by atoms with Crippen molar-refractivity contribution in [2.45, 2.75) is 12.5 Å². The van der Waals surface area contributed by atoms with Gasteiger partial charge in [0.2, 0.25) is 5.60 Å². The predicted molar refractivity (Wildman–Crippen MR) is 51.9 cm³/mol. The molecule has 0 amide bonds. The number of rotatable bonds is 3. The monoisotopic (exact) mass is 212 g/mol. The van der Waals surface area contributed by atoms with Crippen LogP contribution >= 0.6 is 11.6 Å². The average molecular weight is 213 g/mol. The lowest BCUT2D eigenvalue weighted by Crippen LogP contribution is -2.39. The van der Waals surface area contributed by atoms with E-state index in [2.05, 4.69) is 0 Å². The number of ketones is 1. The van der Waals surface area contributed by atoms with Crippen molar-refractivity contribution in [3.63, 3.8) is 0 Å². The van der Waals surface area contributed by atoms with Crippen molar-refractivity contribution < 1.29 is 14.7 Å². The Labute approximate surface area is 86.3 Å². The van der Waals surface area contributed by atoms with Gasteiger partial charge in [0.15, 0.2) is 5.78 Å². The van der Waals surface area contributed by atoms with Crippen molar-refractivity contribution in [2.75, 3.05) is 0 Å². The molecular formula is C10H9ClO3. The van der Waals surface area contributed by atoms with Gasteiger partial charge in [0, 0.05) is 0 Å². The van der Waals surface area contributed by atoms with Gasteiger partial charge in [-0.05, 0) is 24.1 Å². The van der Waals surface area contributed by atoms with E-state index in [4.69, 9.17) is 11.6 Å². The first-order valence-electron chi connectivity index (χ1n) is 3.98. The Hall–Kier alpha value is -1.19. The molecule has 1 aromatic rings. The molecule has 0 fully saturated rings. The van der Waals surface area contributed by atoms with Crippen LogP contribution in [0.3, 0.4) is 0 Å². The Balaban J connectivity index is 3.27. The van der Waals surface area contributed by atoms with Crippen LogP contribution in [0.1, 0.15) is 12.5 Å². The Morgan fingerprint density at radius 1 is 1.29 bits per heavy atom. The topological polar surface area (TPSA) is 54.4 Å². The maximum atomic E-state index is 11.2. The maximum Gasteiger partial charge on any atom is 0.265 e. The van der Waals surface area contributed by atoms with Crippen LogP contribution in [0.5, 0.6) is 0 Å². The summed E-state index contributed by atoms with van der Waals surface area (Å²) in [6.07, 6.45) is 0. The van der Waals surface area contributed by atoms with Crippen molar-refractivity contribution in [1.82, 2.24) is 0 Å². The summed E-state index contributed by atoms with van der Waals surface area (Å²) in [5.41, 5.74) is -2.03. The summed E-state index contributed by atoms with van der Waals surface area (Å²) >= 11 is 5.20. The van der Waals surface area contributed by atoms with Crippen molar-refractivity contribution in [1.29, 1.82) is 0 Å². The number of Topliss-reactive ketones (excluding diaryl/α,β-unsaturated/α-hetero) is 1. The minimum Gasteiger partial charge on any atom is -0.370 e. The lowest BCUT2D eigenvalue weighted by molar-refractivity contribution is -0.145. The quantitative estimate of drug-likeness (QED) is 0.606. The van der Waals surface area contributed by atoms with Gasteiger partial charge in [-0.1, -0.05) is 30.3 Å². The molecule has 0 aromatic heterocycles. The minimum absolute atomic E-state index is 0.188. The van der Waals surface area contributed by atoms with E-state index in [-0.39, 0.29) is 5.56 Å². The molecule has 0 aliphatic heterocycles. The molecule has 0 unspecified atom stereocenters.